The van der Waals surface area contributed by atoms with Gasteiger partial charge in [-0.25, -0.2) is 4.98 Å². The van der Waals surface area contributed by atoms with E-state index in [0.29, 0.717) is 12.4 Å². The molecule has 1 heterocycles. The van der Waals surface area contributed by atoms with Gasteiger partial charge in [-0.1, -0.05) is 29.3 Å². The first-order chi connectivity index (χ1) is 11.0. The van der Waals surface area contributed by atoms with Gasteiger partial charge in [0.15, 0.2) is 5.96 Å². The Labute approximate surface area is 138 Å². The Morgan fingerprint density at radius 2 is 1.78 bits per heavy atom. The SMILES string of the molecule is CN=C(NCCc1cc(C)cc(C)c1)NCc1nc(C)c(C)o1. The first-order valence-electron chi connectivity index (χ1n) is 7.92. The van der Waals surface area contributed by atoms with Gasteiger partial charge < -0.3 is 15.1 Å². The predicted molar refractivity (Wildman–Crippen MR) is 93.8 cm³/mol. The van der Waals surface area contributed by atoms with Crippen molar-refractivity contribution in [3.63, 3.8) is 0 Å². The van der Waals surface area contributed by atoms with E-state index in [-0.39, 0.29) is 0 Å². The molecule has 5 nitrogen and oxygen atoms in total. The summed E-state index contributed by atoms with van der Waals surface area (Å²) in [6, 6.07) is 6.64. The smallest absolute Gasteiger partial charge is 0.214 e. The summed E-state index contributed by atoms with van der Waals surface area (Å²) < 4.78 is 5.55. The van der Waals surface area contributed by atoms with Gasteiger partial charge in [-0.3, -0.25) is 4.99 Å². The summed E-state index contributed by atoms with van der Waals surface area (Å²) in [5, 5.41) is 6.54. The quantitative estimate of drug-likeness (QED) is 0.658. The molecule has 0 spiro atoms. The number of hydrogen-bond donors (Lipinski definition) is 2. The fraction of sp³-hybridized carbons (Fsp3) is 0.444. The highest BCUT2D eigenvalue weighted by molar-refractivity contribution is 5.79. The lowest BCUT2D eigenvalue weighted by Crippen LogP contribution is -2.37. The van der Waals surface area contributed by atoms with E-state index in [1.807, 2.05) is 13.8 Å². The van der Waals surface area contributed by atoms with Gasteiger partial charge in [-0.05, 0) is 39.7 Å². The van der Waals surface area contributed by atoms with Gasteiger partial charge in [0.25, 0.3) is 0 Å². The fourth-order valence-corrected chi connectivity index (χ4v) is 2.53. The molecule has 2 rings (SSSR count). The van der Waals surface area contributed by atoms with Crippen LogP contribution in [0.2, 0.25) is 0 Å². The van der Waals surface area contributed by atoms with E-state index < -0.39 is 0 Å². The normalized spacial score (nSPS) is 11.6. The third-order valence-corrected chi connectivity index (χ3v) is 3.69. The lowest BCUT2D eigenvalue weighted by atomic mass is 10.1. The van der Waals surface area contributed by atoms with Crippen LogP contribution in [0.3, 0.4) is 0 Å². The second-order valence-corrected chi connectivity index (χ2v) is 5.85. The predicted octanol–water partition coefficient (Wildman–Crippen LogP) is 2.82. The highest BCUT2D eigenvalue weighted by Crippen LogP contribution is 2.09. The summed E-state index contributed by atoms with van der Waals surface area (Å²) in [6.07, 6.45) is 0.959. The molecule has 2 aromatic rings. The largest absolute Gasteiger partial charge is 0.444 e. The van der Waals surface area contributed by atoms with E-state index >= 15 is 0 Å². The zero-order valence-electron chi connectivity index (χ0n) is 14.7. The van der Waals surface area contributed by atoms with Crippen molar-refractivity contribution < 1.29 is 4.42 Å². The summed E-state index contributed by atoms with van der Waals surface area (Å²) in [5.74, 6) is 2.29. The van der Waals surface area contributed by atoms with Gasteiger partial charge in [0, 0.05) is 13.6 Å². The summed E-state index contributed by atoms with van der Waals surface area (Å²) >= 11 is 0. The third-order valence-electron chi connectivity index (χ3n) is 3.69. The van der Waals surface area contributed by atoms with Crippen molar-refractivity contribution in [1.82, 2.24) is 15.6 Å². The summed E-state index contributed by atoms with van der Waals surface area (Å²) in [5.41, 5.74) is 4.87. The average Bonchev–Trinajstić information content (AvgIpc) is 2.80. The number of hydrogen-bond acceptors (Lipinski definition) is 3. The Morgan fingerprint density at radius 1 is 1.09 bits per heavy atom. The molecule has 0 radical (unpaired) electrons. The first kappa shape index (κ1) is 17.1. The minimum absolute atomic E-state index is 0.526. The zero-order valence-corrected chi connectivity index (χ0v) is 14.7. The van der Waals surface area contributed by atoms with E-state index in [1.165, 1.54) is 16.7 Å². The van der Waals surface area contributed by atoms with Crippen LogP contribution in [-0.4, -0.2) is 24.5 Å². The number of aliphatic imine (C=N–C) groups is 1. The Kier molecular flexibility index (Phi) is 5.79. The van der Waals surface area contributed by atoms with Crippen molar-refractivity contribution in [3.05, 3.63) is 52.2 Å². The summed E-state index contributed by atoms with van der Waals surface area (Å²) in [6.45, 7) is 9.47. The van der Waals surface area contributed by atoms with Crippen LogP contribution in [0.15, 0.2) is 27.6 Å². The highest BCUT2D eigenvalue weighted by Gasteiger charge is 2.06. The molecule has 2 N–H and O–H groups in total. The maximum atomic E-state index is 5.55. The minimum Gasteiger partial charge on any atom is -0.444 e. The molecule has 0 saturated carbocycles. The number of benzene rings is 1. The van der Waals surface area contributed by atoms with Crippen LogP contribution < -0.4 is 10.6 Å². The van der Waals surface area contributed by atoms with E-state index in [2.05, 4.69) is 52.7 Å². The van der Waals surface area contributed by atoms with Crippen molar-refractivity contribution in [2.24, 2.45) is 4.99 Å². The molecule has 0 aliphatic heterocycles. The van der Waals surface area contributed by atoms with E-state index in [0.717, 1.165) is 30.4 Å². The van der Waals surface area contributed by atoms with Crippen LogP contribution >= 0.6 is 0 Å². The minimum atomic E-state index is 0.526. The highest BCUT2D eigenvalue weighted by atomic mass is 16.4. The first-order valence-corrected chi connectivity index (χ1v) is 7.92. The van der Waals surface area contributed by atoms with Gasteiger partial charge in [0.2, 0.25) is 5.89 Å². The maximum absolute atomic E-state index is 5.55. The van der Waals surface area contributed by atoms with Crippen molar-refractivity contribution in [2.75, 3.05) is 13.6 Å². The van der Waals surface area contributed by atoms with Gasteiger partial charge >= 0.3 is 0 Å². The fourth-order valence-electron chi connectivity index (χ4n) is 2.53. The zero-order chi connectivity index (χ0) is 16.8. The van der Waals surface area contributed by atoms with Gasteiger partial charge in [-0.15, -0.1) is 0 Å². The third kappa shape index (κ3) is 5.13. The van der Waals surface area contributed by atoms with Crippen LogP contribution in [0.25, 0.3) is 0 Å². The summed E-state index contributed by atoms with van der Waals surface area (Å²) in [7, 11) is 1.76. The Balaban J connectivity index is 1.81. The molecule has 0 bridgehead atoms. The molecular weight excluding hydrogens is 288 g/mol. The van der Waals surface area contributed by atoms with Crippen LogP contribution in [0.4, 0.5) is 0 Å². The van der Waals surface area contributed by atoms with Gasteiger partial charge in [0.1, 0.15) is 5.76 Å². The number of rotatable bonds is 5. The number of aromatic nitrogens is 1. The van der Waals surface area contributed by atoms with Crippen LogP contribution in [0.5, 0.6) is 0 Å². The van der Waals surface area contributed by atoms with E-state index in [1.54, 1.807) is 7.05 Å². The van der Waals surface area contributed by atoms with Crippen molar-refractivity contribution >= 4 is 5.96 Å². The summed E-state index contributed by atoms with van der Waals surface area (Å²) in [4.78, 5) is 8.58. The number of guanidine groups is 1. The molecule has 0 fully saturated rings. The molecule has 0 aliphatic rings. The molecule has 0 saturated heterocycles. The monoisotopic (exact) mass is 314 g/mol. The van der Waals surface area contributed by atoms with Crippen LogP contribution in [0, 0.1) is 27.7 Å². The van der Waals surface area contributed by atoms with Crippen molar-refractivity contribution in [2.45, 2.75) is 40.7 Å². The second kappa shape index (κ2) is 7.81. The molecular formula is C18H26N4O. The lowest BCUT2D eigenvalue weighted by molar-refractivity contribution is 0.464. The number of aryl methyl sites for hydroxylation is 4. The number of oxazole rings is 1. The topological polar surface area (TPSA) is 62.5 Å². The molecule has 5 heteroatoms. The van der Waals surface area contributed by atoms with E-state index in [4.69, 9.17) is 4.42 Å². The molecule has 0 amide bonds. The van der Waals surface area contributed by atoms with Gasteiger partial charge in [-0.2, -0.15) is 0 Å². The molecule has 1 aromatic heterocycles. The van der Waals surface area contributed by atoms with Crippen LogP contribution in [0.1, 0.15) is 34.0 Å². The second-order valence-electron chi connectivity index (χ2n) is 5.85. The Morgan fingerprint density at radius 3 is 2.35 bits per heavy atom. The molecule has 0 aliphatic carbocycles. The lowest BCUT2D eigenvalue weighted by Gasteiger charge is -2.11. The molecule has 0 atom stereocenters. The number of nitrogens with zero attached hydrogens (tertiary/aromatic N) is 2. The molecule has 124 valence electrons. The molecule has 0 unspecified atom stereocenters. The standard InChI is InChI=1S/C18H26N4O/c1-12-8-13(2)10-16(9-12)6-7-20-18(19-5)21-11-17-22-14(3)15(4)23-17/h8-10H,6-7,11H2,1-5H3,(H2,19,20,21). The van der Waals surface area contributed by atoms with Crippen LogP contribution in [-0.2, 0) is 13.0 Å². The molecule has 1 aromatic carbocycles. The van der Waals surface area contributed by atoms with Crippen molar-refractivity contribution in [3.8, 4) is 0 Å². The Hall–Kier alpha value is -2.30. The number of nitrogens with one attached hydrogen (secondary N) is 2. The Bertz CT molecular complexity index is 649. The van der Waals surface area contributed by atoms with Crippen molar-refractivity contribution in [1.29, 1.82) is 0 Å². The van der Waals surface area contributed by atoms with Gasteiger partial charge in [0.05, 0.1) is 12.2 Å². The average molecular weight is 314 g/mol. The van der Waals surface area contributed by atoms with E-state index in [9.17, 15) is 0 Å². The maximum Gasteiger partial charge on any atom is 0.214 e. The molecule has 23 heavy (non-hydrogen) atoms.